The van der Waals surface area contributed by atoms with Crippen molar-refractivity contribution in [2.45, 2.75) is 31.3 Å². The monoisotopic (exact) mass is 527 g/mol. The number of carbonyl (C=O) groups excluding carboxylic acids is 2. The lowest BCUT2D eigenvalue weighted by Gasteiger charge is -2.32. The lowest BCUT2D eigenvalue weighted by atomic mass is 10.1. The molecule has 2 amide bonds. The van der Waals surface area contributed by atoms with E-state index in [1.807, 2.05) is 0 Å². The van der Waals surface area contributed by atoms with E-state index in [1.165, 1.54) is 44.3 Å². The van der Waals surface area contributed by atoms with Gasteiger partial charge < -0.3 is 15.0 Å². The van der Waals surface area contributed by atoms with Crippen LogP contribution in [0.2, 0.25) is 0 Å². The van der Waals surface area contributed by atoms with Crippen molar-refractivity contribution in [3.05, 3.63) is 90.2 Å². The van der Waals surface area contributed by atoms with Gasteiger partial charge in [0.05, 0.1) is 17.2 Å². The number of nitrogens with zero attached hydrogens (tertiary/aromatic N) is 2. The largest absolute Gasteiger partial charge is 0.492 e. The molecule has 37 heavy (non-hydrogen) atoms. The van der Waals surface area contributed by atoms with Gasteiger partial charge in [-0.25, -0.2) is 12.8 Å². The summed E-state index contributed by atoms with van der Waals surface area (Å²) in [5.74, 6) is -1.43. The van der Waals surface area contributed by atoms with Crippen molar-refractivity contribution in [3.8, 4) is 5.75 Å². The zero-order valence-electron chi connectivity index (χ0n) is 20.9. The molecular weight excluding hydrogens is 497 g/mol. The minimum Gasteiger partial charge on any atom is -0.492 e. The summed E-state index contributed by atoms with van der Waals surface area (Å²) in [6.45, 7) is 2.67. The Balaban J connectivity index is 2.08. The fourth-order valence-electron chi connectivity index (χ4n) is 3.78. The summed E-state index contributed by atoms with van der Waals surface area (Å²) in [5.41, 5.74) is 0.360. The second kappa shape index (κ2) is 12.4. The molecule has 0 bridgehead atoms. The molecular formula is C27H30FN3O5S. The molecule has 1 atom stereocenters. The molecule has 0 aliphatic rings. The fraction of sp³-hybridized carbons (Fsp3) is 0.259. The molecule has 10 heteroatoms. The lowest BCUT2D eigenvalue weighted by molar-refractivity contribution is -0.139. The second-order valence-corrected chi connectivity index (χ2v) is 9.99. The number of amides is 2. The Morgan fingerprint density at radius 2 is 1.59 bits per heavy atom. The molecule has 0 heterocycles. The highest BCUT2D eigenvalue weighted by Gasteiger charge is 2.33. The Bertz CT molecular complexity index is 1330. The van der Waals surface area contributed by atoms with Gasteiger partial charge in [-0.05, 0) is 44.2 Å². The molecule has 0 radical (unpaired) electrons. The molecule has 0 aliphatic heterocycles. The zero-order chi connectivity index (χ0) is 27.0. The molecule has 8 nitrogen and oxygen atoms in total. The summed E-state index contributed by atoms with van der Waals surface area (Å²) in [6, 6.07) is 19.1. The smallest absolute Gasteiger partial charge is 0.264 e. The summed E-state index contributed by atoms with van der Waals surface area (Å²) >= 11 is 0. The maximum atomic E-state index is 14.5. The highest BCUT2D eigenvalue weighted by atomic mass is 32.2. The van der Waals surface area contributed by atoms with Crippen LogP contribution in [0.4, 0.5) is 10.1 Å². The highest BCUT2D eigenvalue weighted by molar-refractivity contribution is 7.92. The molecule has 196 valence electrons. The standard InChI is InChI=1S/C27H30FN3O5S/c1-4-36-25-17-11-10-16-24(25)31(37(34,35)22-13-6-5-7-14-22)19-26(32)30(20(2)27(33)29-3)18-21-12-8-9-15-23(21)28/h5-17,20H,4,18-19H2,1-3H3,(H,29,33)/t20-/m0/s1. The number of halogens is 1. The maximum absolute atomic E-state index is 14.5. The number of hydrogen-bond acceptors (Lipinski definition) is 5. The quantitative estimate of drug-likeness (QED) is 0.411. The number of anilines is 1. The molecule has 0 fully saturated rings. The van der Waals surface area contributed by atoms with Crippen LogP contribution < -0.4 is 14.4 Å². The van der Waals surface area contributed by atoms with E-state index < -0.39 is 40.2 Å². The molecule has 0 saturated carbocycles. The normalized spacial score (nSPS) is 11.9. The first-order chi connectivity index (χ1) is 17.7. The number of rotatable bonds is 11. The fourth-order valence-corrected chi connectivity index (χ4v) is 5.22. The Labute approximate surface area is 216 Å². The van der Waals surface area contributed by atoms with Gasteiger partial charge >= 0.3 is 0 Å². The van der Waals surface area contributed by atoms with Gasteiger partial charge in [-0.3, -0.25) is 13.9 Å². The van der Waals surface area contributed by atoms with Crippen molar-refractivity contribution >= 4 is 27.5 Å². The number of nitrogens with one attached hydrogen (secondary N) is 1. The average molecular weight is 528 g/mol. The lowest BCUT2D eigenvalue weighted by Crippen LogP contribution is -2.50. The van der Waals surface area contributed by atoms with Crippen LogP contribution in [0.5, 0.6) is 5.75 Å². The average Bonchev–Trinajstić information content (AvgIpc) is 2.91. The maximum Gasteiger partial charge on any atom is 0.264 e. The molecule has 3 aromatic carbocycles. The van der Waals surface area contributed by atoms with Gasteiger partial charge in [-0.1, -0.05) is 48.5 Å². The van der Waals surface area contributed by atoms with Gasteiger partial charge in [0.15, 0.2) is 0 Å². The molecule has 0 unspecified atom stereocenters. The first-order valence-corrected chi connectivity index (χ1v) is 13.2. The molecule has 3 rings (SSSR count). The number of ether oxygens (including phenoxy) is 1. The molecule has 3 aromatic rings. The SMILES string of the molecule is CCOc1ccccc1N(CC(=O)N(Cc1ccccc1F)[C@@H](C)C(=O)NC)S(=O)(=O)c1ccccc1. The van der Waals surface area contributed by atoms with Crippen LogP contribution in [0.3, 0.4) is 0 Å². The van der Waals surface area contributed by atoms with Gasteiger partial charge in [-0.15, -0.1) is 0 Å². The van der Waals surface area contributed by atoms with Crippen LogP contribution >= 0.6 is 0 Å². The van der Waals surface area contributed by atoms with Crippen LogP contribution in [0.1, 0.15) is 19.4 Å². The third kappa shape index (κ3) is 6.45. The summed E-state index contributed by atoms with van der Waals surface area (Å²) in [7, 11) is -2.80. The van der Waals surface area contributed by atoms with Crippen LogP contribution in [-0.2, 0) is 26.2 Å². The Hall–Kier alpha value is -3.92. The second-order valence-electron chi connectivity index (χ2n) is 8.13. The van der Waals surface area contributed by atoms with Crippen LogP contribution in [0, 0.1) is 5.82 Å². The Morgan fingerprint density at radius 3 is 2.24 bits per heavy atom. The molecule has 0 aliphatic carbocycles. The predicted molar refractivity (Wildman–Crippen MR) is 139 cm³/mol. The Kier molecular flexibility index (Phi) is 9.24. The zero-order valence-corrected chi connectivity index (χ0v) is 21.7. The van der Waals surface area contributed by atoms with E-state index in [2.05, 4.69) is 5.32 Å². The summed E-state index contributed by atoms with van der Waals surface area (Å²) < 4.78 is 48.7. The molecule has 0 spiro atoms. The number of likely N-dealkylation sites (N-methyl/N-ethyl adjacent to an activating group) is 1. The van der Waals surface area contributed by atoms with Crippen LogP contribution in [0.15, 0.2) is 83.8 Å². The molecule has 1 N–H and O–H groups in total. The van der Waals surface area contributed by atoms with Crippen molar-refractivity contribution in [1.82, 2.24) is 10.2 Å². The van der Waals surface area contributed by atoms with Crippen LogP contribution in [-0.4, -0.2) is 51.4 Å². The number of sulfonamides is 1. The van der Waals surface area contributed by atoms with E-state index in [-0.39, 0.29) is 35.0 Å². The first kappa shape index (κ1) is 27.7. The number of carbonyl (C=O) groups is 2. The van der Waals surface area contributed by atoms with E-state index in [0.29, 0.717) is 0 Å². The Morgan fingerprint density at radius 1 is 0.973 bits per heavy atom. The van der Waals surface area contributed by atoms with Crippen molar-refractivity contribution in [3.63, 3.8) is 0 Å². The minimum absolute atomic E-state index is 0.0193. The predicted octanol–water partition coefficient (Wildman–Crippen LogP) is 3.58. The number of hydrogen-bond donors (Lipinski definition) is 1. The van der Waals surface area contributed by atoms with Gasteiger partial charge in [0, 0.05) is 19.2 Å². The molecule has 0 aromatic heterocycles. The first-order valence-electron chi connectivity index (χ1n) is 11.7. The van der Waals surface area contributed by atoms with E-state index in [4.69, 9.17) is 4.74 Å². The van der Waals surface area contributed by atoms with E-state index >= 15 is 0 Å². The topological polar surface area (TPSA) is 96.0 Å². The van der Waals surface area contributed by atoms with Crippen molar-refractivity contribution < 1.29 is 27.1 Å². The summed E-state index contributed by atoms with van der Waals surface area (Å²) in [6.07, 6.45) is 0. The van der Waals surface area contributed by atoms with Gasteiger partial charge in [-0.2, -0.15) is 0 Å². The number of para-hydroxylation sites is 2. The van der Waals surface area contributed by atoms with Crippen molar-refractivity contribution in [2.24, 2.45) is 0 Å². The van der Waals surface area contributed by atoms with Crippen molar-refractivity contribution in [2.75, 3.05) is 24.5 Å². The molecule has 0 saturated heterocycles. The van der Waals surface area contributed by atoms with E-state index in [1.54, 1.807) is 55.5 Å². The highest BCUT2D eigenvalue weighted by Crippen LogP contribution is 2.32. The van der Waals surface area contributed by atoms with Gasteiger partial charge in [0.2, 0.25) is 11.8 Å². The number of benzene rings is 3. The minimum atomic E-state index is -4.22. The summed E-state index contributed by atoms with van der Waals surface area (Å²) in [5, 5.41) is 2.49. The van der Waals surface area contributed by atoms with Crippen molar-refractivity contribution in [1.29, 1.82) is 0 Å². The third-order valence-corrected chi connectivity index (χ3v) is 7.53. The van der Waals surface area contributed by atoms with E-state index in [9.17, 15) is 22.4 Å². The van der Waals surface area contributed by atoms with Gasteiger partial charge in [0.25, 0.3) is 10.0 Å². The van der Waals surface area contributed by atoms with Crippen LogP contribution in [0.25, 0.3) is 0 Å². The van der Waals surface area contributed by atoms with Gasteiger partial charge in [0.1, 0.15) is 24.2 Å². The van der Waals surface area contributed by atoms with E-state index in [0.717, 1.165) is 9.21 Å². The third-order valence-electron chi connectivity index (χ3n) is 5.76. The summed E-state index contributed by atoms with van der Waals surface area (Å²) in [4.78, 5) is 27.4.